The third-order valence-corrected chi connectivity index (χ3v) is 8.60. The smallest absolute Gasteiger partial charge is 0.180 e. The number of rotatable bonds is 5. The molecule has 1 aromatic carbocycles. The van der Waals surface area contributed by atoms with Crippen LogP contribution in [-0.2, 0) is 14.7 Å². The molecule has 5 heterocycles. The van der Waals surface area contributed by atoms with Crippen molar-refractivity contribution in [1.29, 1.82) is 0 Å². The van der Waals surface area contributed by atoms with Gasteiger partial charge in [0.1, 0.15) is 10.7 Å². The van der Waals surface area contributed by atoms with Gasteiger partial charge in [0.15, 0.2) is 15.5 Å². The average molecular weight is 505 g/mol. The number of nitrogens with zero attached hydrogens (tertiary/aromatic N) is 5. The molecule has 2 bridgehead atoms. The Kier molecular flexibility index (Phi) is 5.55. The molecule has 2 saturated heterocycles. The Labute approximate surface area is 209 Å². The van der Waals surface area contributed by atoms with Gasteiger partial charge in [-0.1, -0.05) is 36.4 Å². The van der Waals surface area contributed by atoms with E-state index in [-0.39, 0.29) is 28.7 Å². The number of nitrogens with two attached hydrogens (primary N) is 1. The topological polar surface area (TPSA) is 116 Å². The zero-order valence-electron chi connectivity index (χ0n) is 20.2. The highest BCUT2D eigenvalue weighted by Crippen LogP contribution is 2.45. The van der Waals surface area contributed by atoms with E-state index in [1.54, 1.807) is 19.5 Å². The van der Waals surface area contributed by atoms with Crippen LogP contribution >= 0.6 is 0 Å². The normalized spacial score (nSPS) is 22.3. The van der Waals surface area contributed by atoms with Crippen molar-refractivity contribution in [3.63, 3.8) is 0 Å². The van der Waals surface area contributed by atoms with Gasteiger partial charge in [-0.25, -0.2) is 13.4 Å². The second-order valence-corrected chi connectivity index (χ2v) is 11.6. The second kappa shape index (κ2) is 8.65. The molecule has 6 rings (SSSR count). The molecular formula is C26H28N6O3S. The maximum absolute atomic E-state index is 12.9. The molecule has 4 aromatic rings. The lowest BCUT2D eigenvalue weighted by Crippen LogP contribution is -2.41. The molecule has 0 radical (unpaired) electrons. The molecule has 2 N–H and O–H groups in total. The summed E-state index contributed by atoms with van der Waals surface area (Å²) in [5, 5.41) is 6.47. The van der Waals surface area contributed by atoms with Crippen molar-refractivity contribution in [1.82, 2.24) is 24.6 Å². The van der Waals surface area contributed by atoms with Crippen molar-refractivity contribution >= 4 is 21.3 Å². The van der Waals surface area contributed by atoms with Gasteiger partial charge in [0.2, 0.25) is 0 Å². The molecule has 0 saturated carbocycles. The standard InChI is InChI=1S/C26H28N6O3S/c1-35-32-19-9-10-20(32)13-18(12-19)23-24(36(2,33)34)25(27)31-26(30-23)21(15-29-31)17-8-11-22(28-14-17)16-6-4-3-5-7-16/h3-8,11,14-15,18-20H,9-10,12-13,27H2,1-2H3. The summed E-state index contributed by atoms with van der Waals surface area (Å²) < 4.78 is 27.2. The van der Waals surface area contributed by atoms with E-state index >= 15 is 0 Å². The van der Waals surface area contributed by atoms with Crippen molar-refractivity contribution in [2.24, 2.45) is 0 Å². The quantitative estimate of drug-likeness (QED) is 0.437. The van der Waals surface area contributed by atoms with Crippen LogP contribution in [0.4, 0.5) is 5.82 Å². The molecule has 2 aliphatic rings. The minimum atomic E-state index is -3.64. The van der Waals surface area contributed by atoms with Crippen LogP contribution in [0.2, 0.25) is 0 Å². The van der Waals surface area contributed by atoms with Crippen LogP contribution in [0.25, 0.3) is 28.0 Å². The minimum Gasteiger partial charge on any atom is -0.382 e. The maximum Gasteiger partial charge on any atom is 0.180 e. The number of hydrogen-bond donors (Lipinski definition) is 1. The summed E-state index contributed by atoms with van der Waals surface area (Å²) in [6.07, 6.45) is 8.24. The highest BCUT2D eigenvalue weighted by Gasteiger charge is 2.44. The number of hydroxylamine groups is 2. The van der Waals surface area contributed by atoms with Crippen LogP contribution in [0.15, 0.2) is 59.8 Å². The molecule has 10 heteroatoms. The van der Waals surface area contributed by atoms with E-state index < -0.39 is 9.84 Å². The Hall–Kier alpha value is -3.34. The molecule has 186 valence electrons. The zero-order chi connectivity index (χ0) is 25.0. The van der Waals surface area contributed by atoms with Crippen molar-refractivity contribution in [2.75, 3.05) is 19.1 Å². The van der Waals surface area contributed by atoms with E-state index in [1.807, 2.05) is 42.5 Å². The van der Waals surface area contributed by atoms with Crippen LogP contribution in [0, 0.1) is 0 Å². The fourth-order valence-corrected chi connectivity index (χ4v) is 6.93. The molecule has 9 nitrogen and oxygen atoms in total. The van der Waals surface area contributed by atoms with Gasteiger partial charge in [-0.05, 0) is 31.7 Å². The van der Waals surface area contributed by atoms with Crippen molar-refractivity contribution < 1.29 is 13.3 Å². The first kappa shape index (κ1) is 23.1. The zero-order valence-corrected chi connectivity index (χ0v) is 21.0. The van der Waals surface area contributed by atoms with Gasteiger partial charge in [-0.3, -0.25) is 4.98 Å². The Morgan fingerprint density at radius 3 is 2.33 bits per heavy atom. The first-order valence-corrected chi connectivity index (χ1v) is 14.0. The summed E-state index contributed by atoms with van der Waals surface area (Å²) in [7, 11) is -1.94. The van der Waals surface area contributed by atoms with Gasteiger partial charge in [0.25, 0.3) is 0 Å². The largest absolute Gasteiger partial charge is 0.382 e. The van der Waals surface area contributed by atoms with Gasteiger partial charge in [0, 0.05) is 47.1 Å². The van der Waals surface area contributed by atoms with E-state index in [0.717, 1.165) is 48.1 Å². The lowest BCUT2D eigenvalue weighted by Gasteiger charge is -2.37. The molecular weight excluding hydrogens is 476 g/mol. The number of anilines is 1. The first-order chi connectivity index (χ1) is 17.3. The molecule has 2 fully saturated rings. The lowest BCUT2D eigenvalue weighted by atomic mass is 9.89. The molecule has 0 amide bonds. The Bertz CT molecular complexity index is 1520. The van der Waals surface area contributed by atoms with E-state index in [0.29, 0.717) is 11.3 Å². The average Bonchev–Trinajstić information content (AvgIpc) is 3.41. The third-order valence-electron chi connectivity index (χ3n) is 7.44. The van der Waals surface area contributed by atoms with Gasteiger partial charge >= 0.3 is 0 Å². The van der Waals surface area contributed by atoms with Crippen molar-refractivity contribution in [3.8, 4) is 22.4 Å². The van der Waals surface area contributed by atoms with Gasteiger partial charge in [-0.15, -0.1) is 0 Å². The fraction of sp³-hybridized carbons (Fsp3) is 0.346. The van der Waals surface area contributed by atoms with Gasteiger partial charge in [-0.2, -0.15) is 14.7 Å². The Morgan fingerprint density at radius 2 is 1.72 bits per heavy atom. The number of hydrogen-bond acceptors (Lipinski definition) is 8. The summed E-state index contributed by atoms with van der Waals surface area (Å²) in [6.45, 7) is 0. The monoisotopic (exact) mass is 504 g/mol. The summed E-state index contributed by atoms with van der Waals surface area (Å²) >= 11 is 0. The predicted molar refractivity (Wildman–Crippen MR) is 137 cm³/mol. The summed E-state index contributed by atoms with van der Waals surface area (Å²) in [5.74, 6) is 0.0615. The number of piperidine rings is 1. The molecule has 36 heavy (non-hydrogen) atoms. The molecule has 0 aliphatic carbocycles. The number of sulfone groups is 1. The predicted octanol–water partition coefficient (Wildman–Crippen LogP) is 3.72. The van der Waals surface area contributed by atoms with Crippen LogP contribution in [0.5, 0.6) is 0 Å². The van der Waals surface area contributed by atoms with Crippen LogP contribution in [0.1, 0.15) is 37.3 Å². The van der Waals surface area contributed by atoms with E-state index in [9.17, 15) is 8.42 Å². The third kappa shape index (κ3) is 3.76. The highest BCUT2D eigenvalue weighted by atomic mass is 32.2. The highest BCUT2D eigenvalue weighted by molar-refractivity contribution is 7.91. The number of fused-ring (bicyclic) bond motifs is 3. The van der Waals surface area contributed by atoms with Crippen LogP contribution in [-0.4, -0.2) is 58.5 Å². The molecule has 2 aliphatic heterocycles. The van der Waals surface area contributed by atoms with Crippen LogP contribution < -0.4 is 5.73 Å². The number of pyridine rings is 1. The van der Waals surface area contributed by atoms with E-state index in [1.165, 1.54) is 10.8 Å². The molecule has 2 atom stereocenters. The number of aromatic nitrogens is 4. The van der Waals surface area contributed by atoms with Crippen LogP contribution in [0.3, 0.4) is 0 Å². The van der Waals surface area contributed by atoms with E-state index in [2.05, 4.69) is 15.1 Å². The number of benzene rings is 1. The van der Waals surface area contributed by atoms with Crippen molar-refractivity contribution in [3.05, 3.63) is 60.6 Å². The molecule has 3 aromatic heterocycles. The summed E-state index contributed by atoms with van der Waals surface area (Å²) in [4.78, 5) is 15.3. The van der Waals surface area contributed by atoms with Gasteiger partial charge in [0.05, 0.1) is 24.7 Å². The molecule has 2 unspecified atom stereocenters. The molecule has 0 spiro atoms. The Morgan fingerprint density at radius 1 is 1.00 bits per heavy atom. The SMILES string of the molecule is CON1C2CCC1CC(c1nc3c(-c4ccc(-c5ccccc5)nc4)cnn3c(N)c1S(C)(=O)=O)C2. The number of nitrogen functional groups attached to an aromatic ring is 1. The first-order valence-electron chi connectivity index (χ1n) is 12.1. The van der Waals surface area contributed by atoms with Gasteiger partial charge < -0.3 is 10.6 Å². The maximum atomic E-state index is 12.9. The minimum absolute atomic E-state index is 0.0349. The van der Waals surface area contributed by atoms with E-state index in [4.69, 9.17) is 15.6 Å². The Balaban J connectivity index is 1.46. The fourth-order valence-electron chi connectivity index (χ4n) is 5.87. The second-order valence-electron chi connectivity index (χ2n) is 9.67. The van der Waals surface area contributed by atoms with Crippen molar-refractivity contribution in [2.45, 2.75) is 48.6 Å². The summed E-state index contributed by atoms with van der Waals surface area (Å²) in [6, 6.07) is 14.4. The summed E-state index contributed by atoms with van der Waals surface area (Å²) in [5.41, 5.74) is 11.0. The lowest BCUT2D eigenvalue weighted by molar-refractivity contribution is -0.184.